The third-order valence-corrected chi connectivity index (χ3v) is 8.34. The van der Waals surface area contributed by atoms with Gasteiger partial charge in [0.2, 0.25) is 10.0 Å². The Bertz CT molecular complexity index is 906. The van der Waals surface area contributed by atoms with Crippen molar-refractivity contribution in [3.63, 3.8) is 0 Å². The van der Waals surface area contributed by atoms with Crippen LogP contribution in [0.4, 0.5) is 9.18 Å². The van der Waals surface area contributed by atoms with Gasteiger partial charge in [0.25, 0.3) is 0 Å². The van der Waals surface area contributed by atoms with E-state index in [-0.39, 0.29) is 30.8 Å². The van der Waals surface area contributed by atoms with Crippen molar-refractivity contribution in [2.24, 2.45) is 5.92 Å². The van der Waals surface area contributed by atoms with Crippen LogP contribution in [0.2, 0.25) is 0 Å². The van der Waals surface area contributed by atoms with Gasteiger partial charge < -0.3 is 14.2 Å². The van der Waals surface area contributed by atoms with Crippen molar-refractivity contribution in [3.8, 4) is 0 Å². The number of carbonyl (C=O) groups is 1. The molecule has 1 amide bonds. The number of carbonyl (C=O) groups excluding carboxylic acids is 1. The van der Waals surface area contributed by atoms with Gasteiger partial charge in [-0.25, -0.2) is 22.3 Å². The van der Waals surface area contributed by atoms with Gasteiger partial charge in [-0.1, -0.05) is 12.1 Å². The molecule has 34 heavy (non-hydrogen) atoms. The van der Waals surface area contributed by atoms with E-state index in [0.29, 0.717) is 24.9 Å². The average Bonchev–Trinajstić information content (AvgIpc) is 3.11. The lowest BCUT2D eigenvalue weighted by Gasteiger charge is -2.31. The SMILES string of the molecule is COCCS(=O)(=O)N[C@H]1CC(C)N(C(=O)OC)[C@H]1COCC1CCC(c2cccc(F)c2)CC1. The minimum atomic E-state index is -3.56. The fourth-order valence-electron chi connectivity index (χ4n) is 5.16. The first kappa shape index (κ1) is 26.8. The van der Waals surface area contributed by atoms with Crippen LogP contribution in [-0.2, 0) is 24.2 Å². The molecule has 2 fully saturated rings. The van der Waals surface area contributed by atoms with Crippen LogP contribution < -0.4 is 4.72 Å². The van der Waals surface area contributed by atoms with Crippen molar-refractivity contribution >= 4 is 16.1 Å². The smallest absolute Gasteiger partial charge is 0.410 e. The van der Waals surface area contributed by atoms with E-state index in [1.54, 1.807) is 17.0 Å². The number of hydrogen-bond acceptors (Lipinski definition) is 6. The molecular weight excluding hydrogens is 463 g/mol. The van der Waals surface area contributed by atoms with E-state index in [1.165, 1.54) is 20.3 Å². The van der Waals surface area contributed by atoms with Crippen LogP contribution in [0.5, 0.6) is 0 Å². The van der Waals surface area contributed by atoms with Crippen molar-refractivity contribution in [1.29, 1.82) is 0 Å². The van der Waals surface area contributed by atoms with Crippen LogP contribution in [0.3, 0.4) is 0 Å². The zero-order valence-electron chi connectivity index (χ0n) is 20.2. The van der Waals surface area contributed by atoms with Gasteiger partial charge in [-0.05, 0) is 68.6 Å². The normalized spacial score (nSPS) is 27.6. The average molecular weight is 501 g/mol. The highest BCUT2D eigenvalue weighted by Gasteiger charge is 2.44. The van der Waals surface area contributed by atoms with Gasteiger partial charge >= 0.3 is 6.09 Å². The standard InChI is InChI=1S/C24H37FN2O6S/c1-17-13-22(26-34(29,30)12-11-31-2)23(27(17)24(28)32-3)16-33-15-18-7-9-19(10-8-18)20-5-4-6-21(25)14-20/h4-6,14,17-19,22-23,26H,7-13,15-16H2,1-3H3/t17?,18?,19?,22-,23-/m0/s1. The highest BCUT2D eigenvalue weighted by molar-refractivity contribution is 7.89. The Hall–Kier alpha value is -1.75. The van der Waals surface area contributed by atoms with Crippen LogP contribution >= 0.6 is 0 Å². The molecule has 3 atom stereocenters. The maximum Gasteiger partial charge on any atom is 0.410 e. The molecule has 1 N–H and O–H groups in total. The number of methoxy groups -OCH3 is 2. The van der Waals surface area contributed by atoms with Crippen molar-refractivity contribution < 1.29 is 31.8 Å². The molecule has 0 spiro atoms. The number of ether oxygens (including phenoxy) is 3. The van der Waals surface area contributed by atoms with E-state index in [9.17, 15) is 17.6 Å². The molecule has 0 radical (unpaired) electrons. The van der Waals surface area contributed by atoms with Crippen molar-refractivity contribution in [2.75, 3.05) is 39.8 Å². The quantitative estimate of drug-likeness (QED) is 0.530. The Morgan fingerprint density at radius 1 is 1.18 bits per heavy atom. The molecule has 10 heteroatoms. The molecule has 1 saturated heterocycles. The molecule has 3 rings (SSSR count). The fraction of sp³-hybridized carbons (Fsp3) is 0.708. The molecule has 2 aliphatic rings. The van der Waals surface area contributed by atoms with Crippen LogP contribution in [0, 0.1) is 11.7 Å². The van der Waals surface area contributed by atoms with Crippen molar-refractivity contribution in [3.05, 3.63) is 35.6 Å². The summed E-state index contributed by atoms with van der Waals surface area (Å²) in [5, 5.41) is 0. The molecule has 192 valence electrons. The molecule has 1 aromatic carbocycles. The Labute approximate surface area is 202 Å². The molecule has 1 aliphatic carbocycles. The van der Waals surface area contributed by atoms with Gasteiger partial charge in [-0.15, -0.1) is 0 Å². The number of benzene rings is 1. The van der Waals surface area contributed by atoms with E-state index >= 15 is 0 Å². The summed E-state index contributed by atoms with van der Waals surface area (Å²) in [6.07, 6.45) is 3.91. The maximum atomic E-state index is 13.5. The Balaban J connectivity index is 1.55. The second-order valence-corrected chi connectivity index (χ2v) is 11.2. The van der Waals surface area contributed by atoms with E-state index in [2.05, 4.69) is 4.72 Å². The lowest BCUT2D eigenvalue weighted by atomic mass is 9.79. The fourth-order valence-corrected chi connectivity index (χ4v) is 6.38. The van der Waals surface area contributed by atoms with Crippen molar-refractivity contribution in [2.45, 2.75) is 63.1 Å². The van der Waals surface area contributed by atoms with Crippen molar-refractivity contribution in [1.82, 2.24) is 9.62 Å². The van der Waals surface area contributed by atoms with Gasteiger partial charge in [0, 0.05) is 25.8 Å². The summed E-state index contributed by atoms with van der Waals surface area (Å²) >= 11 is 0. The Kier molecular flexibility index (Phi) is 9.70. The minimum absolute atomic E-state index is 0.0950. The first-order valence-electron chi connectivity index (χ1n) is 11.9. The van der Waals surface area contributed by atoms with Gasteiger partial charge in [-0.2, -0.15) is 0 Å². The molecule has 1 aliphatic heterocycles. The maximum absolute atomic E-state index is 13.5. The molecule has 1 unspecified atom stereocenters. The highest BCUT2D eigenvalue weighted by Crippen LogP contribution is 2.36. The summed E-state index contributed by atoms with van der Waals surface area (Å²) in [5.41, 5.74) is 1.05. The second kappa shape index (κ2) is 12.3. The molecule has 8 nitrogen and oxygen atoms in total. The number of sulfonamides is 1. The van der Waals surface area contributed by atoms with Crippen LogP contribution in [-0.4, -0.2) is 77.3 Å². The molecule has 1 heterocycles. The molecule has 1 saturated carbocycles. The van der Waals surface area contributed by atoms with E-state index in [0.717, 1.165) is 31.2 Å². The summed E-state index contributed by atoms with van der Waals surface area (Å²) in [6.45, 7) is 2.73. The largest absolute Gasteiger partial charge is 0.453 e. The third-order valence-electron chi connectivity index (χ3n) is 6.97. The van der Waals surface area contributed by atoms with E-state index < -0.39 is 28.2 Å². The summed E-state index contributed by atoms with van der Waals surface area (Å²) in [6, 6.07) is 5.74. The summed E-state index contributed by atoms with van der Waals surface area (Å²) in [4.78, 5) is 14.0. The van der Waals surface area contributed by atoms with Gasteiger partial charge in [-0.3, -0.25) is 4.90 Å². The van der Waals surface area contributed by atoms with Gasteiger partial charge in [0.15, 0.2) is 0 Å². The first-order valence-corrected chi connectivity index (χ1v) is 13.6. The van der Waals surface area contributed by atoms with E-state index in [1.807, 2.05) is 13.0 Å². The van der Waals surface area contributed by atoms with E-state index in [4.69, 9.17) is 14.2 Å². The Morgan fingerprint density at radius 3 is 2.56 bits per heavy atom. The number of likely N-dealkylation sites (tertiary alicyclic amines) is 1. The lowest BCUT2D eigenvalue weighted by molar-refractivity contribution is 0.0320. The second-order valence-electron chi connectivity index (χ2n) is 9.38. The van der Waals surface area contributed by atoms with Crippen LogP contribution in [0.25, 0.3) is 0 Å². The zero-order valence-corrected chi connectivity index (χ0v) is 21.1. The summed E-state index contributed by atoms with van der Waals surface area (Å²) in [7, 11) is -0.784. The predicted octanol–water partition coefficient (Wildman–Crippen LogP) is 3.28. The topological polar surface area (TPSA) is 94.2 Å². The predicted molar refractivity (Wildman–Crippen MR) is 127 cm³/mol. The van der Waals surface area contributed by atoms with Crippen LogP contribution in [0.15, 0.2) is 24.3 Å². The number of nitrogens with zero attached hydrogens (tertiary/aromatic N) is 1. The summed E-state index contributed by atoms with van der Waals surface area (Å²) in [5.74, 6) is 0.404. The first-order chi connectivity index (χ1) is 16.2. The van der Waals surface area contributed by atoms with Crippen LogP contribution in [0.1, 0.15) is 50.5 Å². The summed E-state index contributed by atoms with van der Waals surface area (Å²) < 4.78 is 57.0. The molecule has 0 aromatic heterocycles. The lowest BCUT2D eigenvalue weighted by Crippen LogP contribution is -2.50. The number of hydrogen-bond donors (Lipinski definition) is 1. The van der Waals surface area contributed by atoms with Gasteiger partial charge in [0.05, 0.1) is 32.1 Å². The molecule has 0 bridgehead atoms. The molecular formula is C24H37FN2O6S. The third kappa shape index (κ3) is 7.13. The number of rotatable bonds is 10. The Morgan fingerprint density at radius 2 is 1.91 bits per heavy atom. The minimum Gasteiger partial charge on any atom is -0.453 e. The number of amides is 1. The molecule has 1 aromatic rings. The monoisotopic (exact) mass is 500 g/mol. The number of nitrogens with one attached hydrogen (secondary N) is 1. The highest BCUT2D eigenvalue weighted by atomic mass is 32.2. The number of halogens is 1. The zero-order chi connectivity index (χ0) is 24.7. The van der Waals surface area contributed by atoms with Gasteiger partial charge in [0.1, 0.15) is 5.82 Å².